The van der Waals surface area contributed by atoms with Crippen molar-refractivity contribution in [1.29, 1.82) is 0 Å². The third-order valence-corrected chi connectivity index (χ3v) is 1.78. The van der Waals surface area contributed by atoms with Crippen LogP contribution in [0.5, 0.6) is 0 Å². The molecule has 0 aromatic rings. The van der Waals surface area contributed by atoms with E-state index in [2.05, 4.69) is 20.8 Å². The molecule has 0 unspecified atom stereocenters. The van der Waals surface area contributed by atoms with E-state index >= 15 is 0 Å². The Balaban J connectivity index is 4.33. The van der Waals surface area contributed by atoms with Crippen molar-refractivity contribution >= 4 is 5.91 Å². The molecule has 0 aliphatic heterocycles. The lowest BCUT2D eigenvalue weighted by atomic mass is 9.94. The average Bonchev–Trinajstić information content (AvgIpc) is 1.96. The van der Waals surface area contributed by atoms with Gasteiger partial charge in [-0.05, 0) is 12.8 Å². The van der Waals surface area contributed by atoms with Gasteiger partial charge in [-0.15, -0.1) is 0 Å². The standard InChI is InChI=1S/C11H22NO/c1-7-12(8-9(2)3)10(13)11(4,5)6/h9H,1,7-8H2,2-6H3. The zero-order valence-electron chi connectivity index (χ0n) is 9.55. The van der Waals surface area contributed by atoms with Crippen molar-refractivity contribution in [3.8, 4) is 0 Å². The van der Waals surface area contributed by atoms with Crippen LogP contribution in [-0.2, 0) is 4.79 Å². The van der Waals surface area contributed by atoms with Crippen molar-refractivity contribution in [2.45, 2.75) is 34.6 Å². The number of hydrogen-bond acceptors (Lipinski definition) is 1. The number of carbonyl (C=O) groups excluding carboxylic acids is 1. The number of hydrogen-bond donors (Lipinski definition) is 0. The first-order valence-corrected chi connectivity index (χ1v) is 4.87. The van der Waals surface area contributed by atoms with Crippen molar-refractivity contribution in [2.75, 3.05) is 13.1 Å². The average molecular weight is 184 g/mol. The molecule has 0 bridgehead atoms. The number of nitrogens with zero attached hydrogens (tertiary/aromatic N) is 1. The second kappa shape index (κ2) is 4.64. The van der Waals surface area contributed by atoms with Gasteiger partial charge in [0.25, 0.3) is 0 Å². The van der Waals surface area contributed by atoms with E-state index in [9.17, 15) is 4.79 Å². The molecule has 0 aromatic carbocycles. The van der Waals surface area contributed by atoms with Crippen LogP contribution in [0.15, 0.2) is 0 Å². The third kappa shape index (κ3) is 4.30. The molecule has 2 nitrogen and oxygen atoms in total. The van der Waals surface area contributed by atoms with Crippen molar-refractivity contribution in [2.24, 2.45) is 11.3 Å². The summed E-state index contributed by atoms with van der Waals surface area (Å²) in [7, 11) is 0. The normalized spacial score (nSPS) is 11.9. The Morgan fingerprint density at radius 2 is 1.85 bits per heavy atom. The van der Waals surface area contributed by atoms with Crippen molar-refractivity contribution < 1.29 is 4.79 Å². The summed E-state index contributed by atoms with van der Waals surface area (Å²) in [6.45, 7) is 15.2. The van der Waals surface area contributed by atoms with Gasteiger partial charge in [0.05, 0.1) is 0 Å². The lowest BCUT2D eigenvalue weighted by Gasteiger charge is -2.29. The summed E-state index contributed by atoms with van der Waals surface area (Å²) >= 11 is 0. The highest BCUT2D eigenvalue weighted by molar-refractivity contribution is 5.81. The fourth-order valence-corrected chi connectivity index (χ4v) is 1.19. The molecule has 0 aromatic heterocycles. The van der Waals surface area contributed by atoms with Gasteiger partial charge < -0.3 is 4.90 Å². The summed E-state index contributed by atoms with van der Waals surface area (Å²) in [5.41, 5.74) is -0.285. The van der Waals surface area contributed by atoms with Gasteiger partial charge in [0.1, 0.15) is 0 Å². The van der Waals surface area contributed by atoms with Gasteiger partial charge in [-0.2, -0.15) is 0 Å². The first-order chi connectivity index (χ1) is 5.79. The maximum Gasteiger partial charge on any atom is 0.227 e. The second-order valence-electron chi connectivity index (χ2n) is 4.90. The van der Waals surface area contributed by atoms with E-state index in [0.29, 0.717) is 12.5 Å². The van der Waals surface area contributed by atoms with Crippen molar-refractivity contribution in [1.82, 2.24) is 4.90 Å². The lowest BCUT2D eigenvalue weighted by molar-refractivity contribution is -0.139. The second-order valence-corrected chi connectivity index (χ2v) is 4.90. The highest BCUT2D eigenvalue weighted by Gasteiger charge is 2.26. The summed E-state index contributed by atoms with van der Waals surface area (Å²) in [5.74, 6) is 0.698. The molecule has 0 rings (SSSR count). The number of carbonyl (C=O) groups is 1. The van der Waals surface area contributed by atoms with Crippen LogP contribution < -0.4 is 0 Å². The molecule has 1 amide bonds. The Bertz CT molecular complexity index is 167. The van der Waals surface area contributed by atoms with Gasteiger partial charge in [-0.25, -0.2) is 0 Å². The molecule has 0 N–H and O–H groups in total. The summed E-state index contributed by atoms with van der Waals surface area (Å²) in [4.78, 5) is 13.6. The van der Waals surface area contributed by atoms with Gasteiger partial charge in [0.15, 0.2) is 0 Å². The van der Waals surface area contributed by atoms with E-state index in [1.54, 1.807) is 0 Å². The predicted octanol–water partition coefficient (Wildman–Crippen LogP) is 2.35. The third-order valence-electron chi connectivity index (χ3n) is 1.78. The molecule has 1 radical (unpaired) electrons. The van der Waals surface area contributed by atoms with Gasteiger partial charge in [0, 0.05) is 18.5 Å². The molecule has 0 saturated carbocycles. The maximum atomic E-state index is 11.8. The zero-order valence-corrected chi connectivity index (χ0v) is 9.55. The fourth-order valence-electron chi connectivity index (χ4n) is 1.19. The quantitative estimate of drug-likeness (QED) is 0.659. The van der Waals surface area contributed by atoms with Crippen LogP contribution in [0.3, 0.4) is 0 Å². The smallest absolute Gasteiger partial charge is 0.227 e. The fraction of sp³-hybridized carbons (Fsp3) is 0.818. The molecule has 0 aliphatic rings. The Morgan fingerprint density at radius 1 is 1.38 bits per heavy atom. The van der Waals surface area contributed by atoms with Gasteiger partial charge >= 0.3 is 0 Å². The molecule has 0 saturated heterocycles. The van der Waals surface area contributed by atoms with Gasteiger partial charge in [0.2, 0.25) is 5.91 Å². The van der Waals surface area contributed by atoms with E-state index in [1.807, 2.05) is 25.7 Å². The molecule has 77 valence electrons. The van der Waals surface area contributed by atoms with Crippen LogP contribution in [-0.4, -0.2) is 23.9 Å². The van der Waals surface area contributed by atoms with Crippen molar-refractivity contribution in [3.05, 3.63) is 6.92 Å². The highest BCUT2D eigenvalue weighted by atomic mass is 16.2. The van der Waals surface area contributed by atoms with Crippen LogP contribution in [0, 0.1) is 18.3 Å². The minimum Gasteiger partial charge on any atom is -0.342 e. The summed E-state index contributed by atoms with van der Waals surface area (Å²) in [5, 5.41) is 0. The van der Waals surface area contributed by atoms with Crippen LogP contribution in [0.1, 0.15) is 34.6 Å². The Hall–Kier alpha value is -0.530. The van der Waals surface area contributed by atoms with Crippen molar-refractivity contribution in [3.63, 3.8) is 0 Å². The summed E-state index contributed by atoms with van der Waals surface area (Å²) in [6, 6.07) is 0. The molecular weight excluding hydrogens is 162 g/mol. The lowest BCUT2D eigenvalue weighted by Crippen LogP contribution is -2.41. The van der Waals surface area contributed by atoms with Gasteiger partial charge in [-0.3, -0.25) is 4.79 Å². The molecule has 0 spiro atoms. The first kappa shape index (κ1) is 12.5. The number of rotatable bonds is 3. The maximum absolute atomic E-state index is 11.8. The molecular formula is C11H22NO. The topological polar surface area (TPSA) is 20.3 Å². The van der Waals surface area contributed by atoms with E-state index in [1.165, 1.54) is 0 Å². The van der Waals surface area contributed by atoms with E-state index < -0.39 is 0 Å². The predicted molar refractivity (Wildman–Crippen MR) is 56.2 cm³/mol. The Kier molecular flexibility index (Phi) is 4.45. The van der Waals surface area contributed by atoms with E-state index in [-0.39, 0.29) is 11.3 Å². The largest absolute Gasteiger partial charge is 0.342 e. The monoisotopic (exact) mass is 184 g/mol. The molecule has 0 atom stereocenters. The molecule has 13 heavy (non-hydrogen) atoms. The zero-order chi connectivity index (χ0) is 10.6. The van der Waals surface area contributed by atoms with Crippen LogP contribution in [0.25, 0.3) is 0 Å². The van der Waals surface area contributed by atoms with E-state index in [4.69, 9.17) is 0 Å². The minimum absolute atomic E-state index is 0.191. The molecule has 2 heteroatoms. The first-order valence-electron chi connectivity index (χ1n) is 4.87. The Morgan fingerprint density at radius 3 is 2.08 bits per heavy atom. The Labute approximate surface area is 82.3 Å². The molecule has 0 fully saturated rings. The van der Waals surface area contributed by atoms with Crippen LogP contribution >= 0.6 is 0 Å². The van der Waals surface area contributed by atoms with Gasteiger partial charge in [-0.1, -0.05) is 34.6 Å². The SMILES string of the molecule is [CH2]CN(CC(C)C)C(=O)C(C)(C)C. The number of amides is 1. The summed E-state index contributed by atoms with van der Waals surface area (Å²) < 4.78 is 0. The highest BCUT2D eigenvalue weighted by Crippen LogP contribution is 2.17. The van der Waals surface area contributed by atoms with E-state index in [0.717, 1.165) is 6.54 Å². The minimum atomic E-state index is -0.285. The van der Waals surface area contributed by atoms with Crippen LogP contribution in [0.2, 0.25) is 0 Å². The molecule has 0 aliphatic carbocycles. The van der Waals surface area contributed by atoms with Crippen LogP contribution in [0.4, 0.5) is 0 Å². The molecule has 0 heterocycles. The summed E-state index contributed by atoms with van der Waals surface area (Å²) in [6.07, 6.45) is 0.